The molecule has 0 aromatic heterocycles. The number of rotatable bonds is 3. The molecule has 0 spiro atoms. The van der Waals surface area contributed by atoms with Gasteiger partial charge in [0.25, 0.3) is 0 Å². The third kappa shape index (κ3) is 3.17. The van der Waals surface area contributed by atoms with Crippen LogP contribution in [-0.2, 0) is 9.53 Å². The molecule has 3 fully saturated rings. The van der Waals surface area contributed by atoms with E-state index in [0.717, 1.165) is 25.0 Å². The third-order valence-electron chi connectivity index (χ3n) is 6.21. The fraction of sp³-hybridized carbons (Fsp3) is 0.579. The zero-order chi connectivity index (χ0) is 19.9. The first-order chi connectivity index (χ1) is 13.4. The number of halogens is 2. The van der Waals surface area contributed by atoms with Crippen LogP contribution in [0.5, 0.6) is 0 Å². The van der Waals surface area contributed by atoms with Crippen molar-refractivity contribution in [2.45, 2.75) is 19.3 Å². The molecule has 0 unspecified atom stereocenters. The molecule has 1 aromatic rings. The Morgan fingerprint density at radius 3 is 2.64 bits per heavy atom. The maximum absolute atomic E-state index is 14.5. The first-order valence-electron chi connectivity index (χ1n) is 9.52. The molecule has 4 rings (SSSR count). The van der Waals surface area contributed by atoms with Crippen LogP contribution in [0.2, 0.25) is 0 Å². The molecule has 9 heteroatoms. The summed E-state index contributed by atoms with van der Waals surface area (Å²) in [6.07, 6.45) is 2.12. The van der Waals surface area contributed by atoms with Gasteiger partial charge >= 0.3 is 12.0 Å². The Morgan fingerprint density at radius 1 is 1.21 bits per heavy atom. The van der Waals surface area contributed by atoms with Gasteiger partial charge in [-0.2, -0.15) is 0 Å². The Balaban J connectivity index is 1.48. The van der Waals surface area contributed by atoms with Crippen LogP contribution in [0.15, 0.2) is 12.1 Å². The number of fused-ring (bicyclic) bond motifs is 1. The quantitative estimate of drug-likeness (QED) is 0.822. The standard InChI is InChI=1S/C19H23F2N3O4/c20-13-9-16(23-4-6-28-7-5-23)14(21)8-15(13)22-18(27)24-10-12-2-1-3-19(12,11-24)17(25)26/h8-9,12H,1-7,10-11H2,(H,22,27)(H,25,26)/t12-,19+/m0/s1. The second kappa shape index (κ2) is 7.20. The van der Waals surface area contributed by atoms with Gasteiger partial charge in [-0.25, -0.2) is 13.6 Å². The summed E-state index contributed by atoms with van der Waals surface area (Å²) < 4.78 is 34.2. The van der Waals surface area contributed by atoms with Crippen molar-refractivity contribution in [3.05, 3.63) is 23.8 Å². The van der Waals surface area contributed by atoms with E-state index in [1.807, 2.05) is 0 Å². The van der Waals surface area contributed by atoms with Crippen molar-refractivity contribution in [1.82, 2.24) is 4.90 Å². The van der Waals surface area contributed by atoms with E-state index in [0.29, 0.717) is 39.3 Å². The lowest BCUT2D eigenvalue weighted by molar-refractivity contribution is -0.149. The highest BCUT2D eigenvalue weighted by atomic mass is 19.1. The molecule has 152 valence electrons. The van der Waals surface area contributed by atoms with E-state index in [1.54, 1.807) is 4.90 Å². The fourth-order valence-corrected chi connectivity index (χ4v) is 4.67. The van der Waals surface area contributed by atoms with Gasteiger partial charge in [0.1, 0.15) is 11.6 Å². The van der Waals surface area contributed by atoms with Crippen molar-refractivity contribution >= 4 is 23.4 Å². The van der Waals surface area contributed by atoms with E-state index in [1.165, 1.54) is 4.90 Å². The molecule has 0 radical (unpaired) electrons. The van der Waals surface area contributed by atoms with Gasteiger partial charge in [0.05, 0.1) is 30.0 Å². The van der Waals surface area contributed by atoms with Crippen molar-refractivity contribution in [2.75, 3.05) is 49.6 Å². The van der Waals surface area contributed by atoms with Crippen LogP contribution in [0.25, 0.3) is 0 Å². The number of carboxylic acids is 1. The number of nitrogens with one attached hydrogen (secondary N) is 1. The number of carboxylic acid groups (broad SMARTS) is 1. The summed E-state index contributed by atoms with van der Waals surface area (Å²) in [7, 11) is 0. The number of hydrogen-bond donors (Lipinski definition) is 2. The molecule has 28 heavy (non-hydrogen) atoms. The van der Waals surface area contributed by atoms with Crippen LogP contribution in [0.1, 0.15) is 19.3 Å². The molecule has 2 saturated heterocycles. The lowest BCUT2D eigenvalue weighted by Crippen LogP contribution is -2.39. The number of carbonyl (C=O) groups excluding carboxylic acids is 1. The number of ether oxygens (including phenoxy) is 1. The Bertz CT molecular complexity index is 800. The number of urea groups is 1. The number of anilines is 2. The number of amides is 2. The average molecular weight is 395 g/mol. The Kier molecular flexibility index (Phi) is 4.86. The van der Waals surface area contributed by atoms with E-state index >= 15 is 0 Å². The average Bonchev–Trinajstić information content (AvgIpc) is 3.24. The maximum Gasteiger partial charge on any atom is 0.321 e. The highest BCUT2D eigenvalue weighted by Crippen LogP contribution is 2.49. The number of aliphatic carboxylic acids is 1. The lowest BCUT2D eigenvalue weighted by Gasteiger charge is -2.29. The molecule has 7 nitrogen and oxygen atoms in total. The van der Waals surface area contributed by atoms with Gasteiger partial charge in [-0.15, -0.1) is 0 Å². The van der Waals surface area contributed by atoms with Crippen LogP contribution in [0.3, 0.4) is 0 Å². The van der Waals surface area contributed by atoms with Crippen LogP contribution in [0, 0.1) is 23.0 Å². The number of benzene rings is 1. The van der Waals surface area contributed by atoms with Gasteiger partial charge in [0, 0.05) is 38.3 Å². The van der Waals surface area contributed by atoms with Gasteiger partial charge in [0.15, 0.2) is 0 Å². The van der Waals surface area contributed by atoms with Gasteiger partial charge < -0.3 is 25.0 Å². The van der Waals surface area contributed by atoms with Crippen molar-refractivity contribution < 1.29 is 28.2 Å². The maximum atomic E-state index is 14.5. The summed E-state index contributed by atoms with van der Waals surface area (Å²) in [5, 5.41) is 12.0. The van der Waals surface area contributed by atoms with Crippen LogP contribution >= 0.6 is 0 Å². The summed E-state index contributed by atoms with van der Waals surface area (Å²) in [4.78, 5) is 27.4. The number of hydrogen-bond acceptors (Lipinski definition) is 4. The molecule has 1 aliphatic carbocycles. The summed E-state index contributed by atoms with van der Waals surface area (Å²) >= 11 is 0. The number of morpholine rings is 1. The highest BCUT2D eigenvalue weighted by Gasteiger charge is 2.55. The molecule has 2 amide bonds. The van der Waals surface area contributed by atoms with Gasteiger partial charge in [-0.1, -0.05) is 6.42 Å². The number of likely N-dealkylation sites (tertiary alicyclic amines) is 1. The number of nitrogens with zero attached hydrogens (tertiary/aromatic N) is 2. The summed E-state index contributed by atoms with van der Waals surface area (Å²) in [5.41, 5.74) is -1.03. The van der Waals surface area contributed by atoms with Gasteiger partial charge in [-0.05, 0) is 18.8 Å². The van der Waals surface area contributed by atoms with E-state index in [-0.39, 0.29) is 23.8 Å². The Hall–Kier alpha value is -2.42. The lowest BCUT2D eigenvalue weighted by atomic mass is 9.81. The third-order valence-corrected chi connectivity index (χ3v) is 6.21. The Labute approximate surface area is 161 Å². The minimum Gasteiger partial charge on any atom is -0.481 e. The second-order valence-electron chi connectivity index (χ2n) is 7.74. The van der Waals surface area contributed by atoms with E-state index in [4.69, 9.17) is 4.74 Å². The topological polar surface area (TPSA) is 82.1 Å². The predicted octanol–water partition coefficient (Wildman–Crippen LogP) is 2.52. The molecular weight excluding hydrogens is 372 g/mol. The smallest absolute Gasteiger partial charge is 0.321 e. The summed E-state index contributed by atoms with van der Waals surface area (Å²) in [5.74, 6) is -2.35. The van der Waals surface area contributed by atoms with Crippen LogP contribution < -0.4 is 10.2 Å². The summed E-state index contributed by atoms with van der Waals surface area (Å²) in [6, 6.07) is 1.45. The fourth-order valence-electron chi connectivity index (χ4n) is 4.67. The van der Waals surface area contributed by atoms with E-state index < -0.39 is 29.0 Å². The van der Waals surface area contributed by atoms with Crippen LogP contribution in [-0.4, -0.2) is 61.4 Å². The second-order valence-corrected chi connectivity index (χ2v) is 7.74. The normalized spacial score (nSPS) is 27.0. The number of carbonyl (C=O) groups is 2. The largest absolute Gasteiger partial charge is 0.481 e. The molecule has 3 aliphatic rings. The molecule has 2 atom stereocenters. The zero-order valence-electron chi connectivity index (χ0n) is 15.4. The molecule has 1 aromatic carbocycles. The first-order valence-corrected chi connectivity index (χ1v) is 9.52. The molecule has 2 heterocycles. The van der Waals surface area contributed by atoms with Crippen molar-refractivity contribution in [3.8, 4) is 0 Å². The molecule has 2 aliphatic heterocycles. The first kappa shape index (κ1) is 18.9. The van der Waals surface area contributed by atoms with Crippen molar-refractivity contribution in [1.29, 1.82) is 0 Å². The monoisotopic (exact) mass is 395 g/mol. The molecule has 2 N–H and O–H groups in total. The molecular formula is C19H23F2N3O4. The van der Waals surface area contributed by atoms with Crippen molar-refractivity contribution in [3.63, 3.8) is 0 Å². The molecule has 0 bridgehead atoms. The van der Waals surface area contributed by atoms with Gasteiger partial charge in [0.2, 0.25) is 0 Å². The summed E-state index contributed by atoms with van der Waals surface area (Å²) in [6.45, 7) is 2.23. The minimum absolute atomic E-state index is 0.0921. The predicted molar refractivity (Wildman–Crippen MR) is 97.4 cm³/mol. The van der Waals surface area contributed by atoms with E-state index in [9.17, 15) is 23.5 Å². The molecule has 1 saturated carbocycles. The highest BCUT2D eigenvalue weighted by molar-refractivity contribution is 5.91. The minimum atomic E-state index is -0.915. The van der Waals surface area contributed by atoms with Gasteiger partial charge in [-0.3, -0.25) is 4.79 Å². The van der Waals surface area contributed by atoms with Crippen LogP contribution in [0.4, 0.5) is 25.0 Å². The van der Waals surface area contributed by atoms with E-state index in [2.05, 4.69) is 5.32 Å². The van der Waals surface area contributed by atoms with Crippen molar-refractivity contribution in [2.24, 2.45) is 11.3 Å². The SMILES string of the molecule is O=C(Nc1cc(F)c(N2CCOCC2)cc1F)N1C[C@@H]2CCC[C@@]2(C(=O)O)C1. The zero-order valence-corrected chi connectivity index (χ0v) is 15.4. The Morgan fingerprint density at radius 2 is 1.96 bits per heavy atom.